The normalized spacial score (nSPS) is 14.4. The van der Waals surface area contributed by atoms with Gasteiger partial charge in [0.1, 0.15) is 5.82 Å². The fraction of sp³-hybridized carbons (Fsp3) is 0.263. The van der Waals surface area contributed by atoms with Crippen LogP contribution in [-0.2, 0) is 0 Å². The second kappa shape index (κ2) is 8.75. The third kappa shape index (κ3) is 4.50. The first kappa shape index (κ1) is 19.0. The van der Waals surface area contributed by atoms with Crippen LogP contribution < -0.4 is 16.0 Å². The molecule has 7 nitrogen and oxygen atoms in total. The first-order valence-electron chi connectivity index (χ1n) is 8.75. The Hall–Kier alpha value is -2.77. The van der Waals surface area contributed by atoms with Crippen molar-refractivity contribution in [2.75, 3.05) is 23.7 Å². The summed E-state index contributed by atoms with van der Waals surface area (Å²) in [6.07, 6.45) is 5.30. The third-order valence-electron chi connectivity index (χ3n) is 4.45. The third-order valence-corrected chi connectivity index (χ3v) is 4.45. The number of aromatic nitrogens is 3. The summed E-state index contributed by atoms with van der Waals surface area (Å²) < 4.78 is 0. The molecule has 1 saturated heterocycles. The number of pyridine rings is 1. The fourth-order valence-electron chi connectivity index (χ4n) is 3.12. The van der Waals surface area contributed by atoms with E-state index in [1.807, 2.05) is 24.3 Å². The van der Waals surface area contributed by atoms with Crippen LogP contribution in [0.2, 0.25) is 0 Å². The molecule has 0 saturated carbocycles. The molecule has 1 aliphatic heterocycles. The van der Waals surface area contributed by atoms with Gasteiger partial charge in [-0.2, -0.15) is 0 Å². The lowest BCUT2D eigenvalue weighted by Gasteiger charge is -2.24. The van der Waals surface area contributed by atoms with E-state index in [-0.39, 0.29) is 24.3 Å². The first-order valence-corrected chi connectivity index (χ1v) is 8.75. The number of hydrogen-bond donors (Lipinski definition) is 3. The quantitative estimate of drug-likeness (QED) is 0.640. The Morgan fingerprint density at radius 2 is 1.81 bits per heavy atom. The van der Waals surface area contributed by atoms with E-state index >= 15 is 0 Å². The van der Waals surface area contributed by atoms with Gasteiger partial charge in [0.05, 0.1) is 11.1 Å². The minimum atomic E-state index is -0.270. The van der Waals surface area contributed by atoms with Crippen molar-refractivity contribution in [1.82, 2.24) is 20.3 Å². The van der Waals surface area contributed by atoms with Crippen LogP contribution in [0.3, 0.4) is 0 Å². The molecule has 27 heavy (non-hydrogen) atoms. The molecule has 1 amide bonds. The highest BCUT2D eigenvalue weighted by molar-refractivity contribution is 6.11. The topological polar surface area (TPSA) is 91.8 Å². The first-order chi connectivity index (χ1) is 12.8. The van der Waals surface area contributed by atoms with Gasteiger partial charge < -0.3 is 10.6 Å². The van der Waals surface area contributed by atoms with Crippen LogP contribution in [0, 0.1) is 0 Å². The smallest absolute Gasteiger partial charge is 0.260 e. The number of halogens is 1. The summed E-state index contributed by atoms with van der Waals surface area (Å²) in [5.74, 6) is 0.799. The van der Waals surface area contributed by atoms with E-state index in [4.69, 9.17) is 4.98 Å². The number of fused-ring (bicyclic) bond motifs is 1. The largest absolute Gasteiger partial charge is 0.367 e. The van der Waals surface area contributed by atoms with Gasteiger partial charge in [-0.15, -0.1) is 12.4 Å². The Bertz CT molecular complexity index is 914. The van der Waals surface area contributed by atoms with Crippen molar-refractivity contribution >= 4 is 41.0 Å². The number of rotatable bonds is 4. The van der Waals surface area contributed by atoms with Crippen molar-refractivity contribution in [3.05, 3.63) is 54.4 Å². The Labute approximate surface area is 163 Å². The van der Waals surface area contributed by atoms with E-state index in [9.17, 15) is 4.79 Å². The zero-order valence-electron chi connectivity index (χ0n) is 14.7. The second-order valence-electron chi connectivity index (χ2n) is 6.27. The molecule has 0 unspecified atom stereocenters. The summed E-state index contributed by atoms with van der Waals surface area (Å²) in [6, 6.07) is 11.6. The van der Waals surface area contributed by atoms with Gasteiger partial charge in [-0.25, -0.2) is 15.0 Å². The number of amides is 1. The predicted octanol–water partition coefficient (Wildman–Crippen LogP) is 2.86. The van der Waals surface area contributed by atoms with E-state index in [0.717, 1.165) is 37.1 Å². The summed E-state index contributed by atoms with van der Waals surface area (Å²) in [5.41, 5.74) is 1.17. The minimum Gasteiger partial charge on any atom is -0.367 e. The van der Waals surface area contributed by atoms with Crippen LogP contribution >= 0.6 is 12.4 Å². The Kier molecular flexibility index (Phi) is 6.16. The van der Waals surface area contributed by atoms with Crippen LogP contribution in [0.25, 0.3) is 10.9 Å². The van der Waals surface area contributed by atoms with Gasteiger partial charge in [-0.05, 0) is 50.2 Å². The van der Waals surface area contributed by atoms with Gasteiger partial charge in [0, 0.05) is 23.8 Å². The number of nitrogens with zero attached hydrogens (tertiary/aromatic N) is 3. The van der Waals surface area contributed by atoms with Crippen molar-refractivity contribution < 1.29 is 4.79 Å². The standard InChI is InChI=1S/C19H20N6O.ClH/c26-18(25-19-21-9-2-10-22-19)15-4-1-3-13-5-6-16(24-17(13)15)23-14-7-11-20-12-8-14;/h1-6,9-10,14,20H,7-8,11-12H2,(H,23,24)(H,21,22,25,26);1H. The highest BCUT2D eigenvalue weighted by atomic mass is 35.5. The van der Waals surface area contributed by atoms with Crippen LogP contribution in [0.4, 0.5) is 11.8 Å². The summed E-state index contributed by atoms with van der Waals surface area (Å²) in [6.45, 7) is 2.02. The van der Waals surface area contributed by atoms with Gasteiger partial charge in [0.25, 0.3) is 5.91 Å². The maximum atomic E-state index is 12.7. The molecule has 0 atom stereocenters. The van der Waals surface area contributed by atoms with E-state index in [1.165, 1.54) is 0 Å². The molecule has 0 bridgehead atoms. The molecule has 4 rings (SSSR count). The lowest BCUT2D eigenvalue weighted by Crippen LogP contribution is -2.35. The van der Waals surface area contributed by atoms with Gasteiger partial charge in [-0.3, -0.25) is 10.1 Å². The predicted molar refractivity (Wildman–Crippen MR) is 108 cm³/mol. The lowest BCUT2D eigenvalue weighted by molar-refractivity contribution is 0.102. The molecule has 3 aromatic rings. The molecule has 1 aliphatic rings. The van der Waals surface area contributed by atoms with E-state index in [0.29, 0.717) is 17.1 Å². The summed E-state index contributed by atoms with van der Waals surface area (Å²) in [7, 11) is 0. The molecule has 1 aromatic carbocycles. The molecule has 0 aliphatic carbocycles. The van der Waals surface area contributed by atoms with Gasteiger partial charge in [0.15, 0.2) is 0 Å². The molecular weight excluding hydrogens is 364 g/mol. The van der Waals surface area contributed by atoms with Crippen molar-refractivity contribution in [1.29, 1.82) is 0 Å². The fourth-order valence-corrected chi connectivity index (χ4v) is 3.12. The number of nitrogens with one attached hydrogen (secondary N) is 3. The number of carbonyl (C=O) groups excluding carboxylic acids is 1. The molecule has 3 heterocycles. The Balaban J connectivity index is 0.00000210. The number of para-hydroxylation sites is 1. The molecular formula is C19H21ClN6O. The van der Waals surface area contributed by atoms with E-state index in [1.54, 1.807) is 24.5 Å². The van der Waals surface area contributed by atoms with Gasteiger partial charge >= 0.3 is 0 Å². The van der Waals surface area contributed by atoms with Crippen molar-refractivity contribution in [2.24, 2.45) is 0 Å². The highest BCUT2D eigenvalue weighted by Crippen LogP contribution is 2.21. The maximum Gasteiger partial charge on any atom is 0.260 e. The number of carbonyl (C=O) groups is 1. The SMILES string of the molecule is Cl.O=C(Nc1ncccn1)c1cccc2ccc(NC3CCNCC3)nc12. The maximum absolute atomic E-state index is 12.7. The molecule has 0 spiro atoms. The highest BCUT2D eigenvalue weighted by Gasteiger charge is 2.16. The lowest BCUT2D eigenvalue weighted by atomic mass is 10.1. The molecule has 140 valence electrons. The molecule has 2 aromatic heterocycles. The Morgan fingerprint density at radius 3 is 2.59 bits per heavy atom. The van der Waals surface area contributed by atoms with Crippen LogP contribution in [0.15, 0.2) is 48.8 Å². The van der Waals surface area contributed by atoms with Crippen molar-refractivity contribution in [3.8, 4) is 0 Å². The number of anilines is 2. The summed E-state index contributed by atoms with van der Waals surface area (Å²) in [4.78, 5) is 25.4. The molecule has 3 N–H and O–H groups in total. The number of benzene rings is 1. The average Bonchev–Trinajstić information content (AvgIpc) is 2.69. The molecule has 0 radical (unpaired) electrons. The zero-order chi connectivity index (χ0) is 17.8. The average molecular weight is 385 g/mol. The second-order valence-corrected chi connectivity index (χ2v) is 6.27. The van der Waals surface area contributed by atoms with Crippen molar-refractivity contribution in [3.63, 3.8) is 0 Å². The zero-order valence-corrected chi connectivity index (χ0v) is 15.5. The van der Waals surface area contributed by atoms with E-state index in [2.05, 4.69) is 25.9 Å². The molecule has 8 heteroatoms. The number of hydrogen-bond acceptors (Lipinski definition) is 6. The minimum absolute atomic E-state index is 0. The van der Waals surface area contributed by atoms with Crippen LogP contribution in [0.1, 0.15) is 23.2 Å². The van der Waals surface area contributed by atoms with Crippen molar-refractivity contribution in [2.45, 2.75) is 18.9 Å². The Morgan fingerprint density at radius 1 is 1.04 bits per heavy atom. The van der Waals surface area contributed by atoms with Gasteiger partial charge in [0.2, 0.25) is 5.95 Å². The summed E-state index contributed by atoms with van der Waals surface area (Å²) >= 11 is 0. The molecule has 1 fully saturated rings. The van der Waals surface area contributed by atoms with Crippen LogP contribution in [0.5, 0.6) is 0 Å². The van der Waals surface area contributed by atoms with E-state index < -0.39 is 0 Å². The monoisotopic (exact) mass is 384 g/mol. The van der Waals surface area contributed by atoms with Crippen LogP contribution in [-0.4, -0.2) is 40.0 Å². The summed E-state index contributed by atoms with van der Waals surface area (Å²) in [5, 5.41) is 10.5. The number of piperidine rings is 1. The van der Waals surface area contributed by atoms with Gasteiger partial charge in [-0.1, -0.05) is 12.1 Å².